The summed E-state index contributed by atoms with van der Waals surface area (Å²) < 4.78 is 36.4. The van der Waals surface area contributed by atoms with Crippen molar-refractivity contribution in [2.24, 2.45) is 5.14 Å². The quantitative estimate of drug-likeness (QED) is 0.720. The maximum absolute atomic E-state index is 13.6. The predicted octanol–water partition coefficient (Wildman–Crippen LogP) is 2.87. The molecule has 0 bridgehead atoms. The summed E-state index contributed by atoms with van der Waals surface area (Å²) in [5.74, 6) is -0.414. The second kappa shape index (κ2) is 5.63. The van der Waals surface area contributed by atoms with E-state index in [9.17, 15) is 12.8 Å². The van der Waals surface area contributed by atoms with E-state index in [1.807, 2.05) is 0 Å². The average molecular weight is 374 g/mol. The van der Waals surface area contributed by atoms with E-state index in [1.165, 1.54) is 24.3 Å². The molecule has 2 rings (SSSR count). The van der Waals surface area contributed by atoms with Gasteiger partial charge in [-0.3, -0.25) is 0 Å². The molecule has 0 fully saturated rings. The molecule has 0 unspecified atom stereocenters. The van der Waals surface area contributed by atoms with Gasteiger partial charge >= 0.3 is 0 Å². The van der Waals surface area contributed by atoms with Crippen LogP contribution in [0.2, 0.25) is 0 Å². The fourth-order valence-electron chi connectivity index (χ4n) is 1.76. The van der Waals surface area contributed by atoms with Crippen LogP contribution in [0.5, 0.6) is 0 Å². The highest BCUT2D eigenvalue weighted by molar-refractivity contribution is 9.10. The first kappa shape index (κ1) is 15.7. The fraction of sp³-hybridized carbons (Fsp3) is 0.0769. The van der Waals surface area contributed by atoms with Crippen LogP contribution < -0.4 is 16.2 Å². The van der Waals surface area contributed by atoms with Gasteiger partial charge in [0.05, 0.1) is 20.7 Å². The van der Waals surface area contributed by atoms with Gasteiger partial charge in [0.2, 0.25) is 10.0 Å². The van der Waals surface area contributed by atoms with Crippen LogP contribution in [0.25, 0.3) is 0 Å². The Labute approximate surface area is 130 Å². The second-order valence-corrected chi connectivity index (χ2v) is 6.92. The Morgan fingerprint density at radius 2 is 1.86 bits per heavy atom. The summed E-state index contributed by atoms with van der Waals surface area (Å²) in [4.78, 5) is -0.0794. The lowest BCUT2D eigenvalue weighted by Crippen LogP contribution is -2.12. The van der Waals surface area contributed by atoms with Crippen LogP contribution in [0.3, 0.4) is 0 Å². The van der Waals surface area contributed by atoms with E-state index >= 15 is 0 Å². The Bertz CT molecular complexity index is 809. The monoisotopic (exact) mass is 373 g/mol. The molecule has 0 radical (unpaired) electrons. The largest absolute Gasteiger partial charge is 0.397 e. The van der Waals surface area contributed by atoms with Gasteiger partial charge in [-0.2, -0.15) is 0 Å². The van der Waals surface area contributed by atoms with Crippen LogP contribution in [-0.4, -0.2) is 8.42 Å². The number of benzene rings is 2. The van der Waals surface area contributed by atoms with Crippen LogP contribution in [0.1, 0.15) is 5.56 Å². The first-order chi connectivity index (χ1) is 9.68. The molecular weight excluding hydrogens is 361 g/mol. The highest BCUT2D eigenvalue weighted by Gasteiger charge is 2.11. The van der Waals surface area contributed by atoms with Crippen molar-refractivity contribution in [3.05, 3.63) is 46.2 Å². The Morgan fingerprint density at radius 3 is 2.43 bits per heavy atom. The van der Waals surface area contributed by atoms with Crippen LogP contribution in [-0.2, 0) is 10.0 Å². The summed E-state index contributed by atoms with van der Waals surface area (Å²) in [5, 5.41) is 8.00. The van der Waals surface area contributed by atoms with Gasteiger partial charge in [0, 0.05) is 5.69 Å². The van der Waals surface area contributed by atoms with Crippen molar-refractivity contribution >= 4 is 43.0 Å². The van der Waals surface area contributed by atoms with Crippen LogP contribution >= 0.6 is 15.9 Å². The van der Waals surface area contributed by atoms with Crippen molar-refractivity contribution in [2.75, 3.05) is 11.1 Å². The van der Waals surface area contributed by atoms with E-state index in [0.29, 0.717) is 15.8 Å². The zero-order valence-corrected chi connectivity index (χ0v) is 13.4. The molecule has 112 valence electrons. The Morgan fingerprint density at radius 1 is 1.19 bits per heavy atom. The van der Waals surface area contributed by atoms with E-state index in [1.54, 1.807) is 13.0 Å². The number of hydrogen-bond donors (Lipinski definition) is 3. The molecule has 0 saturated carbocycles. The van der Waals surface area contributed by atoms with Gasteiger partial charge in [0.1, 0.15) is 5.82 Å². The first-order valence-electron chi connectivity index (χ1n) is 5.83. The van der Waals surface area contributed by atoms with E-state index in [4.69, 9.17) is 10.9 Å². The molecule has 21 heavy (non-hydrogen) atoms. The molecule has 0 heterocycles. The molecule has 0 aromatic heterocycles. The molecule has 0 atom stereocenters. The Hall–Kier alpha value is -1.64. The minimum Gasteiger partial charge on any atom is -0.397 e. The second-order valence-electron chi connectivity index (χ2n) is 4.50. The maximum atomic E-state index is 13.6. The number of primary sulfonamides is 1. The van der Waals surface area contributed by atoms with Crippen molar-refractivity contribution in [1.29, 1.82) is 0 Å². The van der Waals surface area contributed by atoms with Gasteiger partial charge in [-0.1, -0.05) is 0 Å². The number of nitrogens with one attached hydrogen (secondary N) is 1. The molecule has 0 spiro atoms. The highest BCUT2D eigenvalue weighted by Crippen LogP contribution is 2.30. The van der Waals surface area contributed by atoms with Gasteiger partial charge < -0.3 is 11.1 Å². The van der Waals surface area contributed by atoms with Gasteiger partial charge in [-0.15, -0.1) is 0 Å². The third-order valence-corrected chi connectivity index (χ3v) is 4.41. The third-order valence-electron chi connectivity index (χ3n) is 2.89. The molecule has 0 aliphatic heterocycles. The molecule has 5 nitrogen and oxygen atoms in total. The summed E-state index contributed by atoms with van der Waals surface area (Å²) in [5.41, 5.74) is 7.80. The van der Waals surface area contributed by atoms with Crippen molar-refractivity contribution in [2.45, 2.75) is 11.8 Å². The number of aryl methyl sites for hydroxylation is 1. The first-order valence-corrected chi connectivity index (χ1v) is 8.17. The zero-order valence-electron chi connectivity index (χ0n) is 11.0. The molecule has 2 aromatic rings. The lowest BCUT2D eigenvalue weighted by atomic mass is 10.2. The number of sulfonamides is 1. The summed E-state index contributed by atoms with van der Waals surface area (Å²) in [6, 6.07) is 7.02. The lowest BCUT2D eigenvalue weighted by molar-refractivity contribution is 0.598. The maximum Gasteiger partial charge on any atom is 0.238 e. The van der Waals surface area contributed by atoms with Crippen molar-refractivity contribution < 1.29 is 12.8 Å². The molecular formula is C13H13BrFN3O2S. The zero-order chi connectivity index (χ0) is 15.8. The SMILES string of the molecule is Cc1cc(Br)c(F)cc1Nc1ccc(S(N)(=O)=O)cc1N. The minimum atomic E-state index is -3.81. The Balaban J connectivity index is 2.39. The minimum absolute atomic E-state index is 0.0794. The fourth-order valence-corrected chi connectivity index (χ4v) is 2.76. The van der Waals surface area contributed by atoms with Crippen LogP contribution in [0, 0.1) is 12.7 Å². The predicted molar refractivity (Wildman–Crippen MR) is 84.3 cm³/mol. The molecule has 0 aliphatic rings. The molecule has 0 saturated heterocycles. The summed E-state index contributed by atoms with van der Waals surface area (Å²) >= 11 is 3.10. The van der Waals surface area contributed by atoms with Gasteiger partial charge in [0.25, 0.3) is 0 Å². The molecule has 0 amide bonds. The topological polar surface area (TPSA) is 98.2 Å². The number of nitrogens with two attached hydrogens (primary N) is 2. The van der Waals surface area contributed by atoms with Gasteiger partial charge in [0.15, 0.2) is 0 Å². The number of rotatable bonds is 3. The van der Waals surface area contributed by atoms with Crippen molar-refractivity contribution in [3.63, 3.8) is 0 Å². The third kappa shape index (κ3) is 3.52. The summed E-state index contributed by atoms with van der Waals surface area (Å²) in [6.07, 6.45) is 0. The van der Waals surface area contributed by atoms with Gasteiger partial charge in [-0.05, 0) is 58.7 Å². The van der Waals surface area contributed by atoms with E-state index < -0.39 is 15.8 Å². The number of halogens is 2. The number of hydrogen-bond acceptors (Lipinski definition) is 4. The number of nitrogen functional groups attached to an aromatic ring is 1. The lowest BCUT2D eigenvalue weighted by Gasteiger charge is -2.13. The van der Waals surface area contributed by atoms with Crippen molar-refractivity contribution in [1.82, 2.24) is 0 Å². The normalized spacial score (nSPS) is 11.4. The van der Waals surface area contributed by atoms with Crippen LogP contribution in [0.15, 0.2) is 39.7 Å². The smallest absolute Gasteiger partial charge is 0.238 e. The average Bonchev–Trinajstić information content (AvgIpc) is 2.36. The van der Waals surface area contributed by atoms with E-state index in [2.05, 4.69) is 21.2 Å². The molecule has 5 N–H and O–H groups in total. The van der Waals surface area contributed by atoms with E-state index in [-0.39, 0.29) is 10.6 Å². The summed E-state index contributed by atoms with van der Waals surface area (Å²) in [6.45, 7) is 1.81. The van der Waals surface area contributed by atoms with Gasteiger partial charge in [-0.25, -0.2) is 17.9 Å². The summed E-state index contributed by atoms with van der Waals surface area (Å²) in [7, 11) is -3.81. The standard InChI is InChI=1S/C13H13BrFN3O2S/c1-7-4-9(14)10(15)6-13(7)18-12-3-2-8(5-11(12)16)21(17,19)20/h2-6,18H,16H2,1H3,(H2,17,19,20). The number of anilines is 3. The molecule has 0 aliphatic carbocycles. The van der Waals surface area contributed by atoms with E-state index in [0.717, 1.165) is 5.56 Å². The molecule has 2 aromatic carbocycles. The Kier molecular flexibility index (Phi) is 4.22. The van der Waals surface area contributed by atoms with Crippen LogP contribution in [0.4, 0.5) is 21.5 Å². The van der Waals surface area contributed by atoms with Crippen molar-refractivity contribution in [3.8, 4) is 0 Å². The molecule has 8 heteroatoms. The highest BCUT2D eigenvalue weighted by atomic mass is 79.9.